The van der Waals surface area contributed by atoms with E-state index in [1.54, 1.807) is 0 Å². The van der Waals surface area contributed by atoms with E-state index in [9.17, 15) is 16.8 Å². The second kappa shape index (κ2) is 8.82. The predicted molar refractivity (Wildman–Crippen MR) is 121 cm³/mol. The van der Waals surface area contributed by atoms with Gasteiger partial charge in [-0.1, -0.05) is 64.6 Å². The maximum atomic E-state index is 12.7. The van der Waals surface area contributed by atoms with Gasteiger partial charge >= 0.3 is 0 Å². The molecule has 0 aromatic heterocycles. The summed E-state index contributed by atoms with van der Waals surface area (Å²) in [6.07, 6.45) is 0. The Balaban J connectivity index is 1.92. The molecule has 6 nitrogen and oxygen atoms in total. The van der Waals surface area contributed by atoms with E-state index in [2.05, 4.69) is 9.44 Å². The van der Waals surface area contributed by atoms with Crippen LogP contribution in [0, 0.1) is 0 Å². The average Bonchev–Trinajstić information content (AvgIpc) is 2.60. The van der Waals surface area contributed by atoms with Crippen molar-refractivity contribution in [1.29, 1.82) is 0 Å². The molecule has 12 heteroatoms. The summed E-state index contributed by atoms with van der Waals surface area (Å²) in [5.74, 6) is 0. The second-order valence-electron chi connectivity index (χ2n) is 5.89. The minimum Gasteiger partial charge on any atom is -0.279 e. The Kier molecular flexibility index (Phi) is 6.76. The summed E-state index contributed by atoms with van der Waals surface area (Å²) in [7, 11) is -8.27. The molecular formula is C18H12Cl4N2O4S2. The predicted octanol–water partition coefficient (Wildman–Crippen LogP) is 5.90. The lowest BCUT2D eigenvalue weighted by atomic mass is 10.3. The SMILES string of the molecule is O=S(=O)(Nc1cccc(NS(=O)(=O)c2c(Cl)cccc2Cl)c1)c1c(Cl)cccc1Cl. The van der Waals surface area contributed by atoms with Crippen LogP contribution in [0.4, 0.5) is 11.4 Å². The number of hydrogen-bond donors (Lipinski definition) is 2. The fourth-order valence-electron chi connectivity index (χ4n) is 2.54. The Bertz CT molecular complexity index is 1190. The van der Waals surface area contributed by atoms with Crippen LogP contribution in [-0.4, -0.2) is 16.8 Å². The first kappa shape index (κ1) is 23.0. The van der Waals surface area contributed by atoms with Crippen molar-refractivity contribution in [3.63, 3.8) is 0 Å². The summed E-state index contributed by atoms with van der Waals surface area (Å²) >= 11 is 23.9. The fourth-order valence-corrected chi connectivity index (χ4v) is 6.93. The van der Waals surface area contributed by atoms with Gasteiger partial charge in [-0.3, -0.25) is 9.44 Å². The van der Waals surface area contributed by atoms with Crippen LogP contribution in [0.2, 0.25) is 20.1 Å². The summed E-state index contributed by atoms with van der Waals surface area (Å²) in [5, 5.41) is -0.221. The van der Waals surface area contributed by atoms with Gasteiger partial charge in [-0.15, -0.1) is 0 Å². The summed E-state index contributed by atoms with van der Waals surface area (Å²) in [6, 6.07) is 14.2. The van der Waals surface area contributed by atoms with Crippen molar-refractivity contribution in [3.05, 3.63) is 80.8 Å². The van der Waals surface area contributed by atoms with Crippen molar-refractivity contribution in [2.75, 3.05) is 9.44 Å². The van der Waals surface area contributed by atoms with Gasteiger partial charge in [0.25, 0.3) is 20.0 Å². The smallest absolute Gasteiger partial charge is 0.264 e. The molecule has 0 saturated carbocycles. The number of sulfonamides is 2. The molecule has 0 saturated heterocycles. The van der Waals surface area contributed by atoms with Gasteiger partial charge in [0.2, 0.25) is 0 Å². The Labute approximate surface area is 193 Å². The molecule has 0 unspecified atom stereocenters. The first-order chi connectivity index (χ1) is 14.0. The van der Waals surface area contributed by atoms with Crippen molar-refractivity contribution in [2.24, 2.45) is 0 Å². The van der Waals surface area contributed by atoms with Crippen molar-refractivity contribution in [3.8, 4) is 0 Å². The molecule has 3 aromatic rings. The van der Waals surface area contributed by atoms with Crippen molar-refractivity contribution in [2.45, 2.75) is 9.79 Å². The molecule has 0 bridgehead atoms. The van der Waals surface area contributed by atoms with Crippen LogP contribution in [0.15, 0.2) is 70.5 Å². The number of hydrogen-bond acceptors (Lipinski definition) is 4. The molecular weight excluding hydrogens is 514 g/mol. The monoisotopic (exact) mass is 524 g/mol. The van der Waals surface area contributed by atoms with Crippen LogP contribution in [-0.2, 0) is 20.0 Å². The van der Waals surface area contributed by atoms with Crippen LogP contribution >= 0.6 is 46.4 Å². The zero-order chi connectivity index (χ0) is 22.1. The van der Waals surface area contributed by atoms with Gasteiger partial charge in [0.05, 0.1) is 31.5 Å². The molecule has 3 aromatic carbocycles. The van der Waals surface area contributed by atoms with Gasteiger partial charge in [0.15, 0.2) is 0 Å². The third-order valence-corrected chi connectivity index (χ3v) is 8.41. The Morgan fingerprint density at radius 1 is 0.533 bits per heavy atom. The normalized spacial score (nSPS) is 11.9. The zero-order valence-corrected chi connectivity index (χ0v) is 19.4. The summed E-state index contributed by atoms with van der Waals surface area (Å²) < 4.78 is 55.4. The van der Waals surface area contributed by atoms with Crippen LogP contribution in [0.1, 0.15) is 0 Å². The average molecular weight is 526 g/mol. The molecule has 0 heterocycles. The van der Waals surface area contributed by atoms with Crippen LogP contribution < -0.4 is 9.44 Å². The standard InChI is InChI=1S/C18H12Cl4N2O4S2/c19-13-6-2-7-14(20)17(13)29(25,26)23-11-4-1-5-12(10-11)24-30(27,28)18-15(21)8-3-9-16(18)22/h1-10,23-24H. The van der Waals surface area contributed by atoms with Gasteiger partial charge in [-0.05, 0) is 42.5 Å². The van der Waals surface area contributed by atoms with Gasteiger partial charge in [-0.25, -0.2) is 16.8 Å². The van der Waals surface area contributed by atoms with E-state index in [4.69, 9.17) is 46.4 Å². The lowest BCUT2D eigenvalue weighted by molar-refractivity contribution is 0.600. The Morgan fingerprint density at radius 3 is 1.17 bits per heavy atom. The van der Waals surface area contributed by atoms with Crippen molar-refractivity contribution < 1.29 is 16.8 Å². The number of rotatable bonds is 6. The number of anilines is 2. The third kappa shape index (κ3) is 4.96. The Hall–Kier alpha value is -1.68. The van der Waals surface area contributed by atoms with E-state index in [-0.39, 0.29) is 41.3 Å². The number of halogens is 4. The quantitative estimate of drug-likeness (QED) is 0.419. The molecule has 3 rings (SSSR count). The van der Waals surface area contributed by atoms with Crippen LogP contribution in [0.5, 0.6) is 0 Å². The van der Waals surface area contributed by atoms with Gasteiger partial charge in [0.1, 0.15) is 9.79 Å². The summed E-state index contributed by atoms with van der Waals surface area (Å²) in [6.45, 7) is 0. The molecule has 0 amide bonds. The lowest BCUT2D eigenvalue weighted by Gasteiger charge is -2.14. The number of benzene rings is 3. The van der Waals surface area contributed by atoms with E-state index in [1.807, 2.05) is 0 Å². The first-order valence-electron chi connectivity index (χ1n) is 8.05. The highest BCUT2D eigenvalue weighted by molar-refractivity contribution is 7.93. The highest BCUT2D eigenvalue weighted by Gasteiger charge is 2.23. The maximum Gasteiger partial charge on any atom is 0.264 e. The molecule has 0 atom stereocenters. The van der Waals surface area contributed by atoms with E-state index >= 15 is 0 Å². The zero-order valence-electron chi connectivity index (χ0n) is 14.7. The minimum absolute atomic E-state index is 0.0554. The third-order valence-electron chi connectivity index (χ3n) is 3.74. The molecule has 30 heavy (non-hydrogen) atoms. The van der Waals surface area contributed by atoms with Gasteiger partial charge < -0.3 is 0 Å². The molecule has 0 radical (unpaired) electrons. The molecule has 0 spiro atoms. The van der Waals surface area contributed by atoms with Crippen molar-refractivity contribution >= 4 is 77.8 Å². The van der Waals surface area contributed by atoms with Crippen LogP contribution in [0.25, 0.3) is 0 Å². The molecule has 0 aliphatic carbocycles. The molecule has 0 fully saturated rings. The molecule has 158 valence electrons. The topological polar surface area (TPSA) is 92.3 Å². The lowest BCUT2D eigenvalue weighted by Crippen LogP contribution is -2.16. The molecule has 0 aliphatic heterocycles. The maximum absolute atomic E-state index is 12.7. The highest BCUT2D eigenvalue weighted by Crippen LogP contribution is 2.33. The fraction of sp³-hybridized carbons (Fsp3) is 0. The summed E-state index contributed by atoms with van der Waals surface area (Å²) in [5.41, 5.74) is 0.160. The van der Waals surface area contributed by atoms with E-state index in [0.717, 1.165) is 0 Å². The minimum atomic E-state index is -4.13. The van der Waals surface area contributed by atoms with Crippen molar-refractivity contribution in [1.82, 2.24) is 0 Å². The van der Waals surface area contributed by atoms with E-state index in [0.29, 0.717) is 0 Å². The highest BCUT2D eigenvalue weighted by atomic mass is 35.5. The summed E-state index contributed by atoms with van der Waals surface area (Å²) in [4.78, 5) is -0.579. The van der Waals surface area contributed by atoms with Crippen LogP contribution in [0.3, 0.4) is 0 Å². The molecule has 0 aliphatic rings. The van der Waals surface area contributed by atoms with Gasteiger partial charge in [-0.2, -0.15) is 0 Å². The largest absolute Gasteiger partial charge is 0.279 e. The first-order valence-corrected chi connectivity index (χ1v) is 12.5. The van der Waals surface area contributed by atoms with E-state index < -0.39 is 20.0 Å². The van der Waals surface area contributed by atoms with E-state index in [1.165, 1.54) is 60.7 Å². The Morgan fingerprint density at radius 2 is 0.833 bits per heavy atom. The number of nitrogens with one attached hydrogen (secondary N) is 2. The molecule has 2 N–H and O–H groups in total. The second-order valence-corrected chi connectivity index (χ2v) is 10.8. The van der Waals surface area contributed by atoms with Gasteiger partial charge in [0, 0.05) is 0 Å².